The summed E-state index contributed by atoms with van der Waals surface area (Å²) in [6.45, 7) is 3.91. The summed E-state index contributed by atoms with van der Waals surface area (Å²) < 4.78 is 80.4. The van der Waals surface area contributed by atoms with Crippen molar-refractivity contribution in [2.24, 2.45) is 5.92 Å². The number of carbonyl (C=O) groups is 2. The molecule has 1 N–H and O–H groups in total. The number of piperidine rings is 1. The smallest absolute Gasteiger partial charge is 0.416 e. The molecule has 38 heavy (non-hydrogen) atoms. The van der Waals surface area contributed by atoms with Gasteiger partial charge in [0.2, 0.25) is 0 Å². The van der Waals surface area contributed by atoms with Gasteiger partial charge in [0, 0.05) is 35.8 Å². The third-order valence-electron chi connectivity index (χ3n) is 6.42. The van der Waals surface area contributed by atoms with Crippen molar-refractivity contribution in [2.45, 2.75) is 57.5 Å². The van der Waals surface area contributed by atoms with Crippen molar-refractivity contribution in [3.05, 3.63) is 69.7 Å². The summed E-state index contributed by atoms with van der Waals surface area (Å²) in [7, 11) is 0. The first-order chi connectivity index (χ1) is 17.6. The lowest BCUT2D eigenvalue weighted by Gasteiger charge is -2.43. The summed E-state index contributed by atoms with van der Waals surface area (Å²) in [6, 6.07) is 6.29. The number of alkyl halides is 6. The molecule has 1 saturated heterocycles. The Hall–Kier alpha value is -2.95. The second kappa shape index (κ2) is 11.4. The minimum atomic E-state index is -5.09. The number of rotatable bonds is 6. The van der Waals surface area contributed by atoms with E-state index in [1.165, 1.54) is 9.80 Å². The van der Waals surface area contributed by atoms with E-state index in [0.29, 0.717) is 17.2 Å². The van der Waals surface area contributed by atoms with Crippen LogP contribution in [0.1, 0.15) is 53.7 Å². The molecule has 0 spiro atoms. The van der Waals surface area contributed by atoms with E-state index >= 15 is 0 Å². The largest absolute Gasteiger partial charge is 0.465 e. The molecule has 0 bridgehead atoms. The van der Waals surface area contributed by atoms with Crippen LogP contribution < -0.4 is 0 Å². The van der Waals surface area contributed by atoms with Crippen LogP contribution in [0.4, 0.5) is 31.1 Å². The SMILES string of the molecule is CC(C)CN(C(=O)O)C1CCN(C(=O)c2cc(C(F)(F)F)cc(C(F)(F)F)c2)C(Cc2ccc(Cl)cc2)C1. The Morgan fingerprint density at radius 3 is 2.05 bits per heavy atom. The topological polar surface area (TPSA) is 60.9 Å². The van der Waals surface area contributed by atoms with Gasteiger partial charge in [-0.05, 0) is 61.1 Å². The molecule has 0 aromatic heterocycles. The second-order valence-electron chi connectivity index (χ2n) is 9.78. The van der Waals surface area contributed by atoms with Crippen LogP contribution in [-0.2, 0) is 18.8 Å². The monoisotopic (exact) mass is 564 g/mol. The highest BCUT2D eigenvalue weighted by molar-refractivity contribution is 6.30. The fraction of sp³-hybridized carbons (Fsp3) is 0.462. The third-order valence-corrected chi connectivity index (χ3v) is 6.67. The average Bonchev–Trinajstić information content (AvgIpc) is 2.82. The van der Waals surface area contributed by atoms with Gasteiger partial charge < -0.3 is 14.9 Å². The van der Waals surface area contributed by atoms with Crippen LogP contribution in [0, 0.1) is 5.92 Å². The van der Waals surface area contributed by atoms with E-state index in [0.717, 1.165) is 5.56 Å². The Kier molecular flexibility index (Phi) is 8.90. The molecule has 2 aromatic carbocycles. The third kappa shape index (κ3) is 7.33. The van der Waals surface area contributed by atoms with Crippen molar-refractivity contribution in [3.63, 3.8) is 0 Å². The van der Waals surface area contributed by atoms with Crippen molar-refractivity contribution >= 4 is 23.6 Å². The molecule has 208 valence electrons. The predicted octanol–water partition coefficient (Wildman–Crippen LogP) is 7.23. The quantitative estimate of drug-likeness (QED) is 0.377. The van der Waals surface area contributed by atoms with E-state index in [-0.39, 0.29) is 44.3 Å². The van der Waals surface area contributed by atoms with Crippen LogP contribution in [-0.4, -0.2) is 52.1 Å². The maximum Gasteiger partial charge on any atom is 0.416 e. The number of amides is 2. The van der Waals surface area contributed by atoms with Gasteiger partial charge in [-0.25, -0.2) is 4.79 Å². The normalized spacial score (nSPS) is 18.5. The van der Waals surface area contributed by atoms with Crippen molar-refractivity contribution in [2.75, 3.05) is 13.1 Å². The van der Waals surface area contributed by atoms with Crippen molar-refractivity contribution < 1.29 is 41.0 Å². The summed E-state index contributed by atoms with van der Waals surface area (Å²) in [5, 5.41) is 10.2. The van der Waals surface area contributed by atoms with E-state index in [1.807, 2.05) is 13.8 Å². The van der Waals surface area contributed by atoms with E-state index in [2.05, 4.69) is 0 Å². The lowest BCUT2D eigenvalue weighted by atomic mass is 9.90. The zero-order valence-corrected chi connectivity index (χ0v) is 21.4. The predicted molar refractivity (Wildman–Crippen MR) is 129 cm³/mol. The van der Waals surface area contributed by atoms with Crippen LogP contribution in [0.2, 0.25) is 5.02 Å². The Morgan fingerprint density at radius 1 is 1.03 bits per heavy atom. The molecule has 1 heterocycles. The summed E-state index contributed by atoms with van der Waals surface area (Å²) >= 11 is 5.94. The van der Waals surface area contributed by atoms with Crippen molar-refractivity contribution in [1.29, 1.82) is 0 Å². The highest BCUT2D eigenvalue weighted by Crippen LogP contribution is 2.37. The van der Waals surface area contributed by atoms with Gasteiger partial charge >= 0.3 is 18.4 Å². The number of hydrogen-bond acceptors (Lipinski definition) is 2. The first-order valence-electron chi connectivity index (χ1n) is 11.9. The number of carboxylic acid groups (broad SMARTS) is 1. The number of carbonyl (C=O) groups excluding carboxylic acids is 1. The number of likely N-dealkylation sites (tertiary alicyclic amines) is 1. The average molecular weight is 565 g/mol. The highest BCUT2D eigenvalue weighted by atomic mass is 35.5. The number of halogens is 7. The van der Waals surface area contributed by atoms with Gasteiger partial charge in [0.05, 0.1) is 11.1 Å². The molecule has 0 radical (unpaired) electrons. The molecule has 3 rings (SSSR count). The molecule has 2 aromatic rings. The fourth-order valence-electron chi connectivity index (χ4n) is 4.69. The molecule has 1 aliphatic rings. The van der Waals surface area contributed by atoms with Gasteiger partial charge in [0.15, 0.2) is 0 Å². The van der Waals surface area contributed by atoms with E-state index < -0.39 is 53.1 Å². The molecule has 2 amide bonds. The van der Waals surface area contributed by atoms with E-state index in [4.69, 9.17) is 11.6 Å². The fourth-order valence-corrected chi connectivity index (χ4v) is 4.81. The molecular weight excluding hydrogens is 538 g/mol. The number of benzene rings is 2. The first kappa shape index (κ1) is 29.6. The first-order valence-corrected chi connectivity index (χ1v) is 12.3. The Bertz CT molecular complexity index is 1120. The molecule has 1 fully saturated rings. The minimum absolute atomic E-state index is 0.0198. The van der Waals surface area contributed by atoms with E-state index in [1.54, 1.807) is 24.3 Å². The Labute approximate surface area is 221 Å². The number of nitrogens with zero attached hydrogens (tertiary/aromatic N) is 2. The maximum atomic E-state index is 13.4. The van der Waals surface area contributed by atoms with E-state index in [9.17, 15) is 41.0 Å². The van der Waals surface area contributed by atoms with Gasteiger partial charge in [0.1, 0.15) is 0 Å². The van der Waals surface area contributed by atoms with Gasteiger partial charge in [-0.1, -0.05) is 37.6 Å². The molecule has 0 saturated carbocycles. The Morgan fingerprint density at radius 2 is 1.58 bits per heavy atom. The lowest BCUT2D eigenvalue weighted by molar-refractivity contribution is -0.143. The van der Waals surface area contributed by atoms with Crippen LogP contribution in [0.3, 0.4) is 0 Å². The highest BCUT2D eigenvalue weighted by Gasteiger charge is 2.40. The van der Waals surface area contributed by atoms with Crippen LogP contribution in [0.25, 0.3) is 0 Å². The molecule has 1 aliphatic heterocycles. The Balaban J connectivity index is 2.00. The van der Waals surface area contributed by atoms with Gasteiger partial charge in [-0.2, -0.15) is 26.3 Å². The number of hydrogen-bond donors (Lipinski definition) is 1. The summed E-state index contributed by atoms with van der Waals surface area (Å²) in [5.74, 6) is -0.962. The van der Waals surface area contributed by atoms with Gasteiger partial charge in [-0.15, -0.1) is 0 Å². The van der Waals surface area contributed by atoms with Gasteiger partial charge in [0.25, 0.3) is 5.91 Å². The molecular formula is C26H27ClF6N2O3. The molecule has 5 nitrogen and oxygen atoms in total. The van der Waals surface area contributed by atoms with Crippen LogP contribution >= 0.6 is 11.6 Å². The molecule has 12 heteroatoms. The zero-order valence-electron chi connectivity index (χ0n) is 20.6. The van der Waals surface area contributed by atoms with Crippen LogP contribution in [0.15, 0.2) is 42.5 Å². The summed E-state index contributed by atoms with van der Waals surface area (Å²) in [4.78, 5) is 27.9. The summed E-state index contributed by atoms with van der Waals surface area (Å²) in [6.07, 6.45) is -10.8. The second-order valence-corrected chi connectivity index (χ2v) is 10.2. The minimum Gasteiger partial charge on any atom is -0.465 e. The lowest BCUT2D eigenvalue weighted by Crippen LogP contribution is -2.54. The van der Waals surface area contributed by atoms with Crippen molar-refractivity contribution in [1.82, 2.24) is 9.80 Å². The van der Waals surface area contributed by atoms with Crippen molar-refractivity contribution in [3.8, 4) is 0 Å². The standard InChI is InChI=1S/C26H27ClF6N2O3/c1-15(2)14-35(24(37)38)21-7-8-34(22(13-21)9-16-3-5-20(27)6-4-16)23(36)17-10-18(25(28,29)30)12-19(11-17)26(31,32)33/h3-6,10-12,15,21-22H,7-9,13-14H2,1-2H3,(H,37,38). The molecule has 2 atom stereocenters. The zero-order chi connectivity index (χ0) is 28.4. The maximum absolute atomic E-state index is 13.4. The van der Waals surface area contributed by atoms with Gasteiger partial charge in [-0.3, -0.25) is 4.79 Å². The molecule has 0 aliphatic carbocycles. The molecule has 2 unspecified atom stereocenters. The summed E-state index contributed by atoms with van der Waals surface area (Å²) in [5.41, 5.74) is -3.16. The van der Waals surface area contributed by atoms with Crippen LogP contribution in [0.5, 0.6) is 0 Å².